The molecule has 0 aliphatic heterocycles. The second-order valence-corrected chi connectivity index (χ2v) is 6.85. The van der Waals surface area contributed by atoms with Gasteiger partial charge < -0.3 is 4.74 Å². The Morgan fingerprint density at radius 1 is 1.29 bits per heavy atom. The number of allylic oxidation sites excluding steroid dienone is 1. The molecule has 1 heterocycles. The first-order chi connectivity index (χ1) is 13.4. The maximum atomic E-state index is 13.1. The first-order valence-corrected chi connectivity index (χ1v) is 9.42. The third-order valence-electron chi connectivity index (χ3n) is 4.88. The highest BCUT2D eigenvalue weighted by Gasteiger charge is 2.31. The fourth-order valence-electron chi connectivity index (χ4n) is 3.45. The van der Waals surface area contributed by atoms with Crippen molar-refractivity contribution in [3.05, 3.63) is 52.9 Å². The lowest BCUT2D eigenvalue weighted by Crippen LogP contribution is -2.10. The number of nitrogens with zero attached hydrogens (tertiary/aromatic N) is 2. The maximum Gasteiger partial charge on any atom is 0.416 e. The van der Waals surface area contributed by atoms with E-state index in [2.05, 4.69) is 9.84 Å². The summed E-state index contributed by atoms with van der Waals surface area (Å²) in [6.45, 7) is 0. The third-order valence-corrected chi connectivity index (χ3v) is 4.88. The van der Waals surface area contributed by atoms with E-state index in [9.17, 15) is 18.0 Å². The Morgan fingerprint density at radius 3 is 2.82 bits per heavy atom. The monoisotopic (exact) mass is 392 g/mol. The molecule has 1 aliphatic rings. The number of alkyl halides is 3. The van der Waals surface area contributed by atoms with Crippen LogP contribution < -0.4 is 0 Å². The van der Waals surface area contributed by atoms with Gasteiger partial charge in [0.1, 0.15) is 0 Å². The van der Waals surface area contributed by atoms with Gasteiger partial charge in [0.2, 0.25) is 0 Å². The summed E-state index contributed by atoms with van der Waals surface area (Å²) in [4.78, 5) is 11.2. The molecule has 2 aromatic rings. The number of carbonyl (C=O) groups excluding carboxylic acids is 1. The highest BCUT2D eigenvalue weighted by molar-refractivity contribution is 5.69. The number of hydrogen-bond donors (Lipinski definition) is 0. The highest BCUT2D eigenvalue weighted by Crippen LogP contribution is 2.32. The molecule has 0 saturated carbocycles. The molecule has 0 saturated heterocycles. The summed E-state index contributed by atoms with van der Waals surface area (Å²) in [7, 11) is 1.37. The van der Waals surface area contributed by atoms with Gasteiger partial charge in [0.25, 0.3) is 0 Å². The maximum absolute atomic E-state index is 13.1. The highest BCUT2D eigenvalue weighted by atomic mass is 19.4. The van der Waals surface area contributed by atoms with Crippen LogP contribution in [0, 0.1) is 0 Å². The molecule has 0 spiro atoms. The zero-order valence-corrected chi connectivity index (χ0v) is 15.8. The minimum atomic E-state index is -4.38. The minimum Gasteiger partial charge on any atom is -0.469 e. The Labute approximate surface area is 162 Å². The second kappa shape index (κ2) is 8.63. The zero-order chi connectivity index (χ0) is 20.1. The number of aromatic nitrogens is 2. The quantitative estimate of drug-likeness (QED) is 0.506. The topological polar surface area (TPSA) is 44.1 Å². The number of hydrogen-bond acceptors (Lipinski definition) is 3. The number of esters is 1. The van der Waals surface area contributed by atoms with Gasteiger partial charge in [-0.05, 0) is 62.8 Å². The molecule has 0 atom stereocenters. The Morgan fingerprint density at radius 2 is 2.07 bits per heavy atom. The van der Waals surface area contributed by atoms with E-state index in [1.807, 2.05) is 12.2 Å². The summed E-state index contributed by atoms with van der Waals surface area (Å²) in [5.74, 6) is -0.236. The molecule has 150 valence electrons. The van der Waals surface area contributed by atoms with Crippen molar-refractivity contribution in [1.82, 2.24) is 9.78 Å². The van der Waals surface area contributed by atoms with E-state index in [1.54, 1.807) is 10.7 Å². The SMILES string of the molecule is COC(=O)CCCC=Cc1nn(-c2cccc(C(F)(F)F)c2)c2c1CCCC2. The van der Waals surface area contributed by atoms with Gasteiger partial charge in [0, 0.05) is 17.7 Å². The van der Waals surface area contributed by atoms with Gasteiger partial charge in [0.15, 0.2) is 0 Å². The van der Waals surface area contributed by atoms with Crippen molar-refractivity contribution in [2.75, 3.05) is 7.11 Å². The van der Waals surface area contributed by atoms with Crippen LogP contribution >= 0.6 is 0 Å². The Hall–Kier alpha value is -2.57. The molecular weight excluding hydrogens is 369 g/mol. The van der Waals surface area contributed by atoms with Crippen molar-refractivity contribution in [2.24, 2.45) is 0 Å². The minimum absolute atomic E-state index is 0.236. The Balaban J connectivity index is 1.85. The molecule has 28 heavy (non-hydrogen) atoms. The molecule has 0 radical (unpaired) electrons. The lowest BCUT2D eigenvalue weighted by Gasteiger charge is -2.15. The van der Waals surface area contributed by atoms with Gasteiger partial charge in [-0.2, -0.15) is 18.3 Å². The largest absolute Gasteiger partial charge is 0.469 e. The second-order valence-electron chi connectivity index (χ2n) is 6.85. The van der Waals surface area contributed by atoms with Crippen LogP contribution in [0.25, 0.3) is 11.8 Å². The molecule has 1 aliphatic carbocycles. The molecule has 0 unspecified atom stereocenters. The van der Waals surface area contributed by atoms with Crippen LogP contribution in [0.1, 0.15) is 54.6 Å². The van der Waals surface area contributed by atoms with E-state index < -0.39 is 11.7 Å². The fourth-order valence-corrected chi connectivity index (χ4v) is 3.45. The first-order valence-electron chi connectivity index (χ1n) is 9.42. The molecule has 0 bridgehead atoms. The lowest BCUT2D eigenvalue weighted by molar-refractivity contribution is -0.140. The molecule has 0 N–H and O–H groups in total. The number of methoxy groups -OCH3 is 1. The van der Waals surface area contributed by atoms with Crippen LogP contribution in [-0.2, 0) is 28.5 Å². The zero-order valence-electron chi connectivity index (χ0n) is 15.8. The van der Waals surface area contributed by atoms with Crippen molar-refractivity contribution in [3.63, 3.8) is 0 Å². The Kier molecular flexibility index (Phi) is 6.21. The van der Waals surface area contributed by atoms with E-state index >= 15 is 0 Å². The summed E-state index contributed by atoms with van der Waals surface area (Å²) in [6.07, 6.45) is 4.95. The van der Waals surface area contributed by atoms with Gasteiger partial charge >= 0.3 is 12.1 Å². The molecule has 4 nitrogen and oxygen atoms in total. The van der Waals surface area contributed by atoms with Gasteiger partial charge in [-0.1, -0.05) is 12.1 Å². The number of benzene rings is 1. The van der Waals surface area contributed by atoms with Crippen LogP contribution in [-0.4, -0.2) is 22.9 Å². The summed E-state index contributed by atoms with van der Waals surface area (Å²) in [5.41, 5.74) is 2.64. The van der Waals surface area contributed by atoms with Crippen molar-refractivity contribution >= 4 is 12.0 Å². The summed E-state index contributed by atoms with van der Waals surface area (Å²) in [6, 6.07) is 5.28. The molecular formula is C21H23F3N2O2. The van der Waals surface area contributed by atoms with Crippen LogP contribution in [0.3, 0.4) is 0 Å². The van der Waals surface area contributed by atoms with E-state index in [4.69, 9.17) is 0 Å². The fraction of sp³-hybridized carbons (Fsp3) is 0.429. The number of carbonyl (C=O) groups is 1. The van der Waals surface area contributed by atoms with E-state index in [0.717, 1.165) is 54.8 Å². The van der Waals surface area contributed by atoms with Crippen LogP contribution in [0.4, 0.5) is 13.2 Å². The summed E-state index contributed by atoms with van der Waals surface area (Å²) >= 11 is 0. The van der Waals surface area contributed by atoms with Crippen LogP contribution in [0.5, 0.6) is 0 Å². The molecule has 0 fully saturated rings. The smallest absolute Gasteiger partial charge is 0.416 e. The van der Waals surface area contributed by atoms with Crippen molar-refractivity contribution in [1.29, 1.82) is 0 Å². The predicted octanol–water partition coefficient (Wildman–Crippen LogP) is 5.13. The third kappa shape index (κ3) is 4.64. The van der Waals surface area contributed by atoms with Crippen molar-refractivity contribution in [2.45, 2.75) is 51.1 Å². The van der Waals surface area contributed by atoms with Crippen LogP contribution in [0.2, 0.25) is 0 Å². The van der Waals surface area contributed by atoms with Gasteiger partial charge in [-0.15, -0.1) is 0 Å². The van der Waals surface area contributed by atoms with Crippen molar-refractivity contribution < 1.29 is 22.7 Å². The van der Waals surface area contributed by atoms with Gasteiger partial charge in [-0.25, -0.2) is 4.68 Å². The predicted molar refractivity (Wildman–Crippen MR) is 100 cm³/mol. The summed E-state index contributed by atoms with van der Waals surface area (Å²) < 4.78 is 45.5. The standard InChI is InChI=1S/C21H23F3N2O2/c1-28-20(27)13-4-2-3-11-18-17-10-5-6-12-19(17)26(25-18)16-9-7-8-15(14-16)21(22,23)24/h3,7-9,11,14H,2,4-6,10,12-13H2,1H3. The molecule has 1 aromatic heterocycles. The first kappa shape index (κ1) is 20.2. The number of unbranched alkanes of at least 4 members (excludes halogenated alkanes) is 1. The number of rotatable bonds is 6. The molecule has 3 rings (SSSR count). The number of fused-ring (bicyclic) bond motifs is 1. The number of halogens is 3. The van der Waals surface area contributed by atoms with E-state index in [1.165, 1.54) is 13.2 Å². The van der Waals surface area contributed by atoms with E-state index in [-0.39, 0.29) is 5.97 Å². The van der Waals surface area contributed by atoms with Gasteiger partial charge in [0.05, 0.1) is 24.1 Å². The average Bonchev–Trinajstić information content (AvgIpc) is 3.06. The molecule has 7 heteroatoms. The van der Waals surface area contributed by atoms with Crippen LogP contribution in [0.15, 0.2) is 30.3 Å². The normalized spacial score (nSPS) is 14.3. The average molecular weight is 392 g/mol. The summed E-state index contributed by atoms with van der Waals surface area (Å²) in [5, 5.41) is 4.61. The lowest BCUT2D eigenvalue weighted by atomic mass is 9.95. The number of ether oxygens (including phenoxy) is 1. The molecule has 1 aromatic carbocycles. The molecule has 0 amide bonds. The van der Waals surface area contributed by atoms with E-state index in [0.29, 0.717) is 24.9 Å². The van der Waals surface area contributed by atoms with Gasteiger partial charge in [-0.3, -0.25) is 4.79 Å². The van der Waals surface area contributed by atoms with Crippen molar-refractivity contribution in [3.8, 4) is 5.69 Å². The Bertz CT molecular complexity index is 869.